The van der Waals surface area contributed by atoms with Crippen LogP contribution in [0.2, 0.25) is 0 Å². The highest BCUT2D eigenvalue weighted by Crippen LogP contribution is 2.41. The van der Waals surface area contributed by atoms with Gasteiger partial charge in [0, 0.05) is 18.7 Å². The van der Waals surface area contributed by atoms with Crippen LogP contribution in [0.15, 0.2) is 22.8 Å². The maximum atomic E-state index is 12.4. The fraction of sp³-hybridized carbons (Fsp3) is 0.588. The van der Waals surface area contributed by atoms with Crippen molar-refractivity contribution in [1.29, 1.82) is 0 Å². The van der Waals surface area contributed by atoms with Crippen molar-refractivity contribution in [2.45, 2.75) is 51.1 Å². The van der Waals surface area contributed by atoms with Gasteiger partial charge in [-0.3, -0.25) is 9.59 Å². The first-order chi connectivity index (χ1) is 12.0. The minimum atomic E-state index is -0.724. The lowest BCUT2D eigenvalue weighted by Crippen LogP contribution is -2.44. The summed E-state index contributed by atoms with van der Waals surface area (Å²) in [6, 6.07) is 2.86. The van der Waals surface area contributed by atoms with Gasteiger partial charge in [-0.25, -0.2) is 4.79 Å². The molecule has 0 saturated carbocycles. The zero-order chi connectivity index (χ0) is 18.4. The third kappa shape index (κ3) is 4.78. The van der Waals surface area contributed by atoms with Gasteiger partial charge in [-0.2, -0.15) is 0 Å². The minimum absolute atomic E-state index is 0.0743. The van der Waals surface area contributed by atoms with Crippen LogP contribution in [0.25, 0.3) is 0 Å². The molecular formula is C17H24N2O5S. The normalized spacial score (nSPS) is 19.9. The van der Waals surface area contributed by atoms with Gasteiger partial charge in [0.1, 0.15) is 17.2 Å². The Kier molecular flexibility index (Phi) is 6.92. The van der Waals surface area contributed by atoms with Crippen molar-refractivity contribution in [2.24, 2.45) is 0 Å². The third-order valence-electron chi connectivity index (χ3n) is 4.12. The van der Waals surface area contributed by atoms with E-state index in [0.717, 1.165) is 12.8 Å². The summed E-state index contributed by atoms with van der Waals surface area (Å²) in [4.78, 5) is 37.7. The largest absolute Gasteiger partial charge is 0.466 e. The third-order valence-corrected chi connectivity index (χ3v) is 5.40. The molecule has 2 amide bonds. The van der Waals surface area contributed by atoms with Crippen molar-refractivity contribution in [3.8, 4) is 0 Å². The highest BCUT2D eigenvalue weighted by molar-refractivity contribution is 7.99. The first-order valence-electron chi connectivity index (χ1n) is 8.37. The number of rotatable bonds is 7. The molecule has 1 aliphatic rings. The predicted molar refractivity (Wildman–Crippen MR) is 93.7 cm³/mol. The van der Waals surface area contributed by atoms with Crippen molar-refractivity contribution in [3.63, 3.8) is 0 Å². The molecule has 1 N–H and O–H groups in total. The van der Waals surface area contributed by atoms with Crippen molar-refractivity contribution >= 4 is 29.5 Å². The Bertz CT molecular complexity index is 600. The van der Waals surface area contributed by atoms with E-state index in [1.54, 1.807) is 12.1 Å². The van der Waals surface area contributed by atoms with Gasteiger partial charge >= 0.3 is 5.97 Å². The van der Waals surface area contributed by atoms with E-state index in [2.05, 4.69) is 5.32 Å². The standard InChI is InChI=1S/C17H24N2O5S/c1-4-12(5-2)18-15(21)9-24-17(22)13-10-25-16(19(13)11(3)20)14-7-6-8-23-14/h6-8,12-13,16H,4-5,9-10H2,1-3H3,(H,18,21)/t13-,16+/m1/s1. The molecule has 1 aliphatic heterocycles. The van der Waals surface area contributed by atoms with Gasteiger partial charge in [0.25, 0.3) is 5.91 Å². The first-order valence-corrected chi connectivity index (χ1v) is 9.42. The van der Waals surface area contributed by atoms with Crippen LogP contribution in [0.1, 0.15) is 44.7 Å². The lowest BCUT2D eigenvalue weighted by molar-refractivity contribution is -0.156. The first kappa shape index (κ1) is 19.4. The van der Waals surface area contributed by atoms with Crippen LogP contribution in [-0.4, -0.2) is 47.1 Å². The van der Waals surface area contributed by atoms with Gasteiger partial charge in [0.2, 0.25) is 5.91 Å². The van der Waals surface area contributed by atoms with E-state index in [9.17, 15) is 14.4 Å². The van der Waals surface area contributed by atoms with E-state index in [-0.39, 0.29) is 29.8 Å². The van der Waals surface area contributed by atoms with Gasteiger partial charge in [0.15, 0.2) is 6.61 Å². The Balaban J connectivity index is 1.94. The molecule has 1 aromatic rings. The van der Waals surface area contributed by atoms with E-state index in [1.165, 1.54) is 29.8 Å². The van der Waals surface area contributed by atoms with E-state index in [0.29, 0.717) is 11.5 Å². The molecule has 2 heterocycles. The van der Waals surface area contributed by atoms with Crippen molar-refractivity contribution in [2.75, 3.05) is 12.4 Å². The maximum absolute atomic E-state index is 12.4. The van der Waals surface area contributed by atoms with Crippen LogP contribution in [0.4, 0.5) is 0 Å². The fourth-order valence-electron chi connectivity index (χ4n) is 2.72. The molecule has 1 fully saturated rings. The molecule has 8 heteroatoms. The number of amides is 2. The second kappa shape index (κ2) is 8.94. The molecule has 2 atom stereocenters. The second-order valence-corrected chi connectivity index (χ2v) is 6.95. The Morgan fingerprint density at radius 1 is 1.40 bits per heavy atom. The SMILES string of the molecule is CCC(CC)NC(=O)COC(=O)[C@H]1CS[C@@H](c2ccco2)N1C(C)=O. The average Bonchev–Trinajstić information content (AvgIpc) is 3.25. The summed E-state index contributed by atoms with van der Waals surface area (Å²) >= 11 is 1.44. The number of ether oxygens (including phenoxy) is 1. The lowest BCUT2D eigenvalue weighted by Gasteiger charge is -2.25. The van der Waals surface area contributed by atoms with Crippen LogP contribution in [0, 0.1) is 0 Å². The number of nitrogens with one attached hydrogen (secondary N) is 1. The van der Waals surface area contributed by atoms with Gasteiger partial charge in [-0.15, -0.1) is 11.8 Å². The number of carbonyl (C=O) groups excluding carboxylic acids is 3. The number of esters is 1. The fourth-order valence-corrected chi connectivity index (χ4v) is 4.13. The number of nitrogens with zero attached hydrogens (tertiary/aromatic N) is 1. The van der Waals surface area contributed by atoms with E-state index < -0.39 is 12.0 Å². The molecule has 2 rings (SSSR count). The van der Waals surface area contributed by atoms with Gasteiger partial charge < -0.3 is 19.4 Å². The molecule has 1 aromatic heterocycles. The Morgan fingerprint density at radius 3 is 2.68 bits per heavy atom. The summed E-state index contributed by atoms with van der Waals surface area (Å²) < 4.78 is 10.5. The minimum Gasteiger partial charge on any atom is -0.466 e. The molecule has 0 radical (unpaired) electrons. The maximum Gasteiger partial charge on any atom is 0.330 e. The monoisotopic (exact) mass is 368 g/mol. The van der Waals surface area contributed by atoms with Gasteiger partial charge in [-0.1, -0.05) is 13.8 Å². The predicted octanol–water partition coefficient (Wildman–Crippen LogP) is 2.09. The molecular weight excluding hydrogens is 344 g/mol. The van der Waals surface area contributed by atoms with Gasteiger partial charge in [-0.05, 0) is 25.0 Å². The van der Waals surface area contributed by atoms with E-state index in [4.69, 9.17) is 9.15 Å². The Morgan fingerprint density at radius 2 is 2.12 bits per heavy atom. The average molecular weight is 368 g/mol. The molecule has 0 bridgehead atoms. The number of carbonyl (C=O) groups is 3. The van der Waals surface area contributed by atoms with E-state index in [1.807, 2.05) is 13.8 Å². The zero-order valence-electron chi connectivity index (χ0n) is 14.7. The van der Waals surface area contributed by atoms with Crippen LogP contribution >= 0.6 is 11.8 Å². The molecule has 0 aliphatic carbocycles. The van der Waals surface area contributed by atoms with Gasteiger partial charge in [0.05, 0.1) is 6.26 Å². The number of thioether (sulfide) groups is 1. The van der Waals surface area contributed by atoms with Crippen molar-refractivity contribution in [3.05, 3.63) is 24.2 Å². The summed E-state index contributed by atoms with van der Waals surface area (Å²) in [6.45, 7) is 5.03. The van der Waals surface area contributed by atoms with Crippen LogP contribution < -0.4 is 5.32 Å². The summed E-state index contributed by atoms with van der Waals surface area (Å²) in [5.41, 5.74) is 0. The highest BCUT2D eigenvalue weighted by atomic mass is 32.2. The molecule has 0 spiro atoms. The molecule has 0 unspecified atom stereocenters. The molecule has 25 heavy (non-hydrogen) atoms. The lowest BCUT2D eigenvalue weighted by atomic mass is 10.2. The van der Waals surface area contributed by atoms with Crippen molar-refractivity contribution in [1.82, 2.24) is 10.2 Å². The topological polar surface area (TPSA) is 88.8 Å². The summed E-state index contributed by atoms with van der Waals surface area (Å²) in [5, 5.41) is 2.45. The smallest absolute Gasteiger partial charge is 0.330 e. The van der Waals surface area contributed by atoms with Crippen LogP contribution in [0.3, 0.4) is 0 Å². The van der Waals surface area contributed by atoms with Crippen LogP contribution in [-0.2, 0) is 19.1 Å². The Labute approximate surface area is 151 Å². The summed E-state index contributed by atoms with van der Waals surface area (Å²) in [6.07, 6.45) is 3.17. The van der Waals surface area contributed by atoms with E-state index >= 15 is 0 Å². The zero-order valence-corrected chi connectivity index (χ0v) is 15.5. The Hall–Kier alpha value is -1.96. The second-order valence-electron chi connectivity index (χ2n) is 5.83. The number of furan rings is 1. The molecule has 138 valence electrons. The molecule has 7 nitrogen and oxygen atoms in total. The number of hydrogen-bond acceptors (Lipinski definition) is 6. The molecule has 1 saturated heterocycles. The number of hydrogen-bond donors (Lipinski definition) is 1. The summed E-state index contributed by atoms with van der Waals surface area (Å²) in [7, 11) is 0. The quantitative estimate of drug-likeness (QED) is 0.742. The van der Waals surface area contributed by atoms with Crippen LogP contribution in [0.5, 0.6) is 0 Å². The van der Waals surface area contributed by atoms with Crippen molar-refractivity contribution < 1.29 is 23.5 Å². The summed E-state index contributed by atoms with van der Waals surface area (Å²) in [5.74, 6) is -0.129. The highest BCUT2D eigenvalue weighted by Gasteiger charge is 2.43. The molecule has 0 aromatic carbocycles.